The molecule has 1 fully saturated rings. The van der Waals surface area contributed by atoms with Crippen molar-refractivity contribution >= 4 is 17.5 Å². The average Bonchev–Trinajstić information content (AvgIpc) is 2.73. The van der Waals surface area contributed by atoms with E-state index in [1.165, 1.54) is 23.1 Å². The highest BCUT2D eigenvalue weighted by Gasteiger charge is 2.25. The zero-order chi connectivity index (χ0) is 19.4. The Bertz CT molecular complexity index is 834. The number of anilines is 1. The van der Waals surface area contributed by atoms with Crippen molar-refractivity contribution in [2.75, 3.05) is 31.6 Å². The molecule has 1 aliphatic rings. The van der Waals surface area contributed by atoms with Crippen molar-refractivity contribution < 1.29 is 14.0 Å². The van der Waals surface area contributed by atoms with E-state index < -0.39 is 0 Å². The number of benzene rings is 2. The van der Waals surface area contributed by atoms with E-state index in [2.05, 4.69) is 11.9 Å². The van der Waals surface area contributed by atoms with Crippen LogP contribution in [0.25, 0.3) is 0 Å². The number of nitrogens with one attached hydrogen (secondary N) is 1. The van der Waals surface area contributed by atoms with Gasteiger partial charge in [-0.05, 0) is 48.0 Å². The lowest BCUT2D eigenvalue weighted by Gasteiger charge is -2.34. The third-order valence-electron chi connectivity index (χ3n) is 4.74. The van der Waals surface area contributed by atoms with Crippen LogP contribution >= 0.6 is 0 Å². The van der Waals surface area contributed by atoms with Crippen LogP contribution in [0.4, 0.5) is 10.1 Å². The van der Waals surface area contributed by atoms with E-state index in [9.17, 15) is 14.0 Å². The lowest BCUT2D eigenvalue weighted by molar-refractivity contribution is -0.113. The minimum atomic E-state index is -0.275. The fourth-order valence-electron chi connectivity index (χ4n) is 3.13. The molecule has 0 aromatic heterocycles. The average molecular weight is 367 g/mol. The summed E-state index contributed by atoms with van der Waals surface area (Å²) in [5, 5.41) is 3.36. The van der Waals surface area contributed by atoms with Gasteiger partial charge in [0.05, 0.1) is 0 Å². The number of rotatable bonds is 4. The van der Waals surface area contributed by atoms with E-state index in [4.69, 9.17) is 0 Å². The van der Waals surface area contributed by atoms with Gasteiger partial charge in [-0.25, -0.2) is 4.39 Å². The molecule has 3 rings (SSSR count). The number of piperazine rings is 1. The molecule has 2 amide bonds. The molecular weight excluding hydrogens is 345 g/mol. The second-order valence-corrected chi connectivity index (χ2v) is 6.46. The normalized spacial score (nSPS) is 16.7. The lowest BCUT2D eigenvalue weighted by atomic mass is 10.0. The molecule has 6 heteroatoms. The largest absolute Gasteiger partial charge is 0.335 e. The number of halogens is 1. The number of carbonyl (C=O) groups excluding carboxylic acids is 2. The fourth-order valence-corrected chi connectivity index (χ4v) is 3.13. The van der Waals surface area contributed by atoms with Gasteiger partial charge in [0, 0.05) is 44.0 Å². The highest BCUT2D eigenvalue weighted by Crippen LogP contribution is 2.20. The number of amides is 2. The van der Waals surface area contributed by atoms with E-state index in [-0.39, 0.29) is 23.7 Å². The first kappa shape index (κ1) is 18.8. The maximum Gasteiger partial charge on any atom is 0.253 e. The van der Waals surface area contributed by atoms with Crippen molar-refractivity contribution in [3.8, 4) is 0 Å². The van der Waals surface area contributed by atoms with Crippen LogP contribution in [0, 0.1) is 5.82 Å². The molecule has 27 heavy (non-hydrogen) atoms. The Labute approximate surface area is 158 Å². The van der Waals surface area contributed by atoms with E-state index in [0.717, 1.165) is 5.56 Å². The Hall–Kier alpha value is -2.99. The van der Waals surface area contributed by atoms with Gasteiger partial charge in [-0.3, -0.25) is 9.59 Å². The lowest BCUT2D eigenvalue weighted by Crippen LogP contribution is -2.48. The van der Waals surface area contributed by atoms with Crippen molar-refractivity contribution in [3.63, 3.8) is 0 Å². The Morgan fingerprint density at radius 2 is 1.85 bits per heavy atom. The predicted octanol–water partition coefficient (Wildman–Crippen LogP) is 2.76. The van der Waals surface area contributed by atoms with Crippen LogP contribution in [0.2, 0.25) is 0 Å². The van der Waals surface area contributed by atoms with Crippen molar-refractivity contribution in [2.45, 2.75) is 6.04 Å². The van der Waals surface area contributed by atoms with Crippen LogP contribution in [-0.4, -0.2) is 43.4 Å². The van der Waals surface area contributed by atoms with Gasteiger partial charge in [0.2, 0.25) is 5.91 Å². The summed E-state index contributed by atoms with van der Waals surface area (Å²) in [5.41, 5.74) is 2.22. The zero-order valence-corrected chi connectivity index (χ0v) is 15.2. The van der Waals surface area contributed by atoms with Gasteiger partial charge in [0.25, 0.3) is 5.91 Å². The van der Waals surface area contributed by atoms with E-state index >= 15 is 0 Å². The molecule has 1 N–H and O–H groups in total. The summed E-state index contributed by atoms with van der Waals surface area (Å²) < 4.78 is 13.1. The Balaban J connectivity index is 1.70. The smallest absolute Gasteiger partial charge is 0.253 e. The first-order valence-corrected chi connectivity index (χ1v) is 8.78. The molecule has 140 valence electrons. The van der Waals surface area contributed by atoms with E-state index in [1.54, 1.807) is 48.3 Å². The highest BCUT2D eigenvalue weighted by molar-refractivity contribution is 6.01. The summed E-state index contributed by atoms with van der Waals surface area (Å²) in [7, 11) is 1.66. The van der Waals surface area contributed by atoms with E-state index in [1.807, 2.05) is 0 Å². The van der Waals surface area contributed by atoms with Gasteiger partial charge in [0.15, 0.2) is 0 Å². The van der Waals surface area contributed by atoms with Crippen LogP contribution in [0.1, 0.15) is 22.0 Å². The number of hydrogen-bond acceptors (Lipinski definition) is 3. The molecule has 1 saturated heterocycles. The van der Waals surface area contributed by atoms with Gasteiger partial charge >= 0.3 is 0 Å². The Morgan fingerprint density at radius 3 is 2.48 bits per heavy atom. The van der Waals surface area contributed by atoms with Crippen molar-refractivity contribution in [3.05, 3.63) is 78.1 Å². The minimum Gasteiger partial charge on any atom is -0.335 e. The highest BCUT2D eigenvalue weighted by atomic mass is 19.1. The second kappa shape index (κ2) is 8.14. The topological polar surface area (TPSA) is 52.7 Å². The maximum absolute atomic E-state index is 13.1. The first-order valence-electron chi connectivity index (χ1n) is 8.78. The van der Waals surface area contributed by atoms with Gasteiger partial charge < -0.3 is 15.1 Å². The van der Waals surface area contributed by atoms with Crippen molar-refractivity contribution in [1.82, 2.24) is 10.2 Å². The minimum absolute atomic E-state index is 0.0288. The third-order valence-corrected chi connectivity index (χ3v) is 4.74. The van der Waals surface area contributed by atoms with Gasteiger partial charge in [-0.1, -0.05) is 18.7 Å². The van der Waals surface area contributed by atoms with E-state index in [0.29, 0.717) is 30.9 Å². The molecule has 1 aliphatic heterocycles. The summed E-state index contributed by atoms with van der Waals surface area (Å²) in [6.45, 7) is 5.26. The monoisotopic (exact) mass is 367 g/mol. The molecule has 0 saturated carbocycles. The first-order chi connectivity index (χ1) is 13.0. The summed E-state index contributed by atoms with van der Waals surface area (Å²) >= 11 is 0. The molecular formula is C21H22FN3O2. The second-order valence-electron chi connectivity index (χ2n) is 6.46. The summed E-state index contributed by atoms with van der Waals surface area (Å²) in [4.78, 5) is 27.8. The number of nitrogens with zero attached hydrogens (tertiary/aromatic N) is 2. The van der Waals surface area contributed by atoms with Gasteiger partial charge in [0.1, 0.15) is 5.82 Å². The molecule has 2 aromatic rings. The van der Waals surface area contributed by atoms with Crippen LogP contribution in [-0.2, 0) is 4.79 Å². The van der Waals surface area contributed by atoms with Gasteiger partial charge in [-0.15, -0.1) is 0 Å². The quantitative estimate of drug-likeness (QED) is 0.846. The molecule has 0 bridgehead atoms. The maximum atomic E-state index is 13.1. The zero-order valence-electron chi connectivity index (χ0n) is 15.2. The number of carbonyl (C=O) groups is 2. The van der Waals surface area contributed by atoms with Crippen molar-refractivity contribution in [1.29, 1.82) is 0 Å². The molecule has 1 heterocycles. The van der Waals surface area contributed by atoms with Crippen LogP contribution in [0.5, 0.6) is 0 Å². The molecule has 0 radical (unpaired) electrons. The molecule has 5 nitrogen and oxygen atoms in total. The third kappa shape index (κ3) is 4.23. The summed E-state index contributed by atoms with van der Waals surface area (Å²) in [5.74, 6) is -0.548. The molecule has 2 aromatic carbocycles. The molecule has 1 atom stereocenters. The van der Waals surface area contributed by atoms with Crippen LogP contribution in [0.15, 0.2) is 61.2 Å². The molecule has 0 spiro atoms. The van der Waals surface area contributed by atoms with Crippen LogP contribution < -0.4 is 10.2 Å². The van der Waals surface area contributed by atoms with Crippen molar-refractivity contribution in [2.24, 2.45) is 0 Å². The SMILES string of the molecule is C=CC(=O)N(C)c1ccc(C(=O)N2CCNC(c3ccc(F)cc3)C2)cc1. The number of hydrogen-bond donors (Lipinski definition) is 1. The van der Waals surface area contributed by atoms with Gasteiger partial charge in [-0.2, -0.15) is 0 Å². The number of likely N-dealkylation sites (N-methyl/N-ethyl adjacent to an activating group) is 1. The standard InChI is InChI=1S/C21H22FN3O2/c1-3-20(26)24(2)18-10-6-16(7-11-18)21(27)25-13-12-23-19(14-25)15-4-8-17(22)9-5-15/h3-11,19,23H,1,12-14H2,2H3. The summed E-state index contributed by atoms with van der Waals surface area (Å²) in [6, 6.07) is 13.2. The summed E-state index contributed by atoms with van der Waals surface area (Å²) in [6.07, 6.45) is 1.25. The Morgan fingerprint density at radius 1 is 1.19 bits per heavy atom. The molecule has 0 aliphatic carbocycles. The predicted molar refractivity (Wildman–Crippen MR) is 103 cm³/mol. The molecule has 1 unspecified atom stereocenters. The van der Waals surface area contributed by atoms with Crippen LogP contribution in [0.3, 0.4) is 0 Å². The Kier molecular flexibility index (Phi) is 5.66. The fraction of sp³-hybridized carbons (Fsp3) is 0.238.